The normalized spacial score (nSPS) is 26.5. The molecule has 17 heavy (non-hydrogen) atoms. The van der Waals surface area contributed by atoms with E-state index >= 15 is 0 Å². The van der Waals surface area contributed by atoms with Gasteiger partial charge in [0.1, 0.15) is 0 Å². The molecule has 0 spiro atoms. The van der Waals surface area contributed by atoms with Gasteiger partial charge in [-0.15, -0.1) is 11.3 Å². The van der Waals surface area contributed by atoms with Crippen LogP contribution in [0.2, 0.25) is 0 Å². The number of likely N-dealkylation sites (tertiary alicyclic amines) is 1. The maximum absolute atomic E-state index is 6.12. The number of pyridine rings is 1. The fourth-order valence-electron chi connectivity index (χ4n) is 2.84. The van der Waals surface area contributed by atoms with Crippen LogP contribution in [-0.4, -0.2) is 36.1 Å². The van der Waals surface area contributed by atoms with Gasteiger partial charge in [-0.25, -0.2) is 0 Å². The summed E-state index contributed by atoms with van der Waals surface area (Å²) >= 11 is 1.73. The molecule has 1 aliphatic rings. The third-order valence-corrected chi connectivity index (χ3v) is 4.26. The lowest BCUT2D eigenvalue weighted by Gasteiger charge is -2.34. The highest BCUT2D eigenvalue weighted by atomic mass is 32.1. The van der Waals surface area contributed by atoms with E-state index in [1.165, 1.54) is 10.9 Å². The van der Waals surface area contributed by atoms with Gasteiger partial charge in [-0.05, 0) is 31.0 Å². The molecule has 90 valence electrons. The topological polar surface area (TPSA) is 42.1 Å². The summed E-state index contributed by atoms with van der Waals surface area (Å²) in [5, 5.41) is 5.63. The van der Waals surface area contributed by atoms with Crippen LogP contribution in [0.15, 0.2) is 23.0 Å². The Morgan fingerprint density at radius 1 is 1.41 bits per heavy atom. The van der Waals surface area contributed by atoms with Gasteiger partial charge in [0.05, 0.1) is 5.52 Å². The predicted molar refractivity (Wildman–Crippen MR) is 72.5 cm³/mol. The van der Waals surface area contributed by atoms with E-state index in [1.807, 2.05) is 6.20 Å². The number of thiophene rings is 1. The summed E-state index contributed by atoms with van der Waals surface area (Å²) in [5.41, 5.74) is 8.65. The Morgan fingerprint density at radius 2 is 2.29 bits per heavy atom. The number of hydrogen-bond acceptors (Lipinski definition) is 4. The van der Waals surface area contributed by atoms with Crippen LogP contribution in [0.1, 0.15) is 17.9 Å². The molecule has 2 N–H and O–H groups in total. The quantitative estimate of drug-likeness (QED) is 0.838. The number of likely N-dealkylation sites (N-methyl/N-ethyl adjacent to an activating group) is 1. The highest BCUT2D eigenvalue weighted by molar-refractivity contribution is 7.09. The zero-order valence-electron chi connectivity index (χ0n) is 9.97. The molecule has 0 amide bonds. The first kappa shape index (κ1) is 11.1. The summed E-state index contributed by atoms with van der Waals surface area (Å²) in [4.78, 5) is 6.73. The van der Waals surface area contributed by atoms with Crippen molar-refractivity contribution in [2.24, 2.45) is 5.73 Å². The molecule has 0 radical (unpaired) electrons. The van der Waals surface area contributed by atoms with Gasteiger partial charge in [-0.2, -0.15) is 0 Å². The van der Waals surface area contributed by atoms with Gasteiger partial charge in [0, 0.05) is 41.5 Å². The molecule has 1 saturated heterocycles. The molecule has 2 unspecified atom stereocenters. The van der Waals surface area contributed by atoms with E-state index < -0.39 is 0 Å². The minimum Gasteiger partial charge on any atom is -0.327 e. The van der Waals surface area contributed by atoms with Gasteiger partial charge in [0.2, 0.25) is 0 Å². The zero-order chi connectivity index (χ0) is 11.8. The lowest BCUT2D eigenvalue weighted by atomic mass is 9.87. The number of hydrogen-bond donors (Lipinski definition) is 1. The maximum Gasteiger partial charge on any atom is 0.0811 e. The molecular formula is C13H17N3S. The van der Waals surface area contributed by atoms with Crippen molar-refractivity contribution in [2.75, 3.05) is 20.1 Å². The van der Waals surface area contributed by atoms with Crippen LogP contribution in [0.4, 0.5) is 0 Å². The van der Waals surface area contributed by atoms with Gasteiger partial charge < -0.3 is 10.6 Å². The summed E-state index contributed by atoms with van der Waals surface area (Å²) in [6.07, 6.45) is 3.00. The van der Waals surface area contributed by atoms with Gasteiger partial charge in [0.25, 0.3) is 0 Å². The Morgan fingerprint density at radius 3 is 3.12 bits per heavy atom. The second-order valence-electron chi connectivity index (χ2n) is 4.98. The van der Waals surface area contributed by atoms with Crippen molar-refractivity contribution in [2.45, 2.75) is 18.4 Å². The van der Waals surface area contributed by atoms with E-state index in [0.29, 0.717) is 12.0 Å². The smallest absolute Gasteiger partial charge is 0.0811 e. The van der Waals surface area contributed by atoms with Crippen molar-refractivity contribution in [1.82, 2.24) is 9.88 Å². The van der Waals surface area contributed by atoms with Gasteiger partial charge in [0.15, 0.2) is 0 Å². The molecule has 1 aliphatic heterocycles. The van der Waals surface area contributed by atoms with E-state index in [-0.39, 0.29) is 0 Å². The zero-order valence-corrected chi connectivity index (χ0v) is 10.8. The molecule has 3 heterocycles. The van der Waals surface area contributed by atoms with E-state index in [9.17, 15) is 0 Å². The minimum absolute atomic E-state index is 0.292. The monoisotopic (exact) mass is 247 g/mol. The van der Waals surface area contributed by atoms with Crippen LogP contribution in [0, 0.1) is 0 Å². The van der Waals surface area contributed by atoms with E-state index in [4.69, 9.17) is 5.73 Å². The van der Waals surface area contributed by atoms with Crippen LogP contribution in [0.25, 0.3) is 10.9 Å². The average Bonchev–Trinajstić information content (AvgIpc) is 2.75. The number of nitrogens with zero attached hydrogens (tertiary/aromatic N) is 2. The first-order valence-corrected chi connectivity index (χ1v) is 6.93. The Kier molecular flexibility index (Phi) is 2.86. The standard InChI is InChI=1S/C13H17N3S/c1-16-5-9(4-10(14)6-16)11-2-3-15-13-8-17-7-12(11)13/h2-3,7-10H,4-6,14H2,1H3. The summed E-state index contributed by atoms with van der Waals surface area (Å²) in [6, 6.07) is 2.45. The van der Waals surface area contributed by atoms with Crippen molar-refractivity contribution < 1.29 is 0 Å². The molecule has 2 atom stereocenters. The van der Waals surface area contributed by atoms with Crippen molar-refractivity contribution >= 4 is 22.2 Å². The molecule has 1 fully saturated rings. The molecule has 2 aromatic heterocycles. The van der Waals surface area contributed by atoms with Crippen LogP contribution in [0.3, 0.4) is 0 Å². The summed E-state index contributed by atoms with van der Waals surface area (Å²) < 4.78 is 0. The van der Waals surface area contributed by atoms with Crippen molar-refractivity contribution in [1.29, 1.82) is 0 Å². The largest absolute Gasteiger partial charge is 0.327 e. The second kappa shape index (κ2) is 4.37. The summed E-state index contributed by atoms with van der Waals surface area (Å²) in [5.74, 6) is 0.545. The number of nitrogens with two attached hydrogens (primary N) is 1. The molecule has 3 nitrogen and oxygen atoms in total. The van der Waals surface area contributed by atoms with E-state index in [0.717, 1.165) is 25.0 Å². The highest BCUT2D eigenvalue weighted by Crippen LogP contribution is 2.32. The Bertz CT molecular complexity index is 512. The number of fused-ring (bicyclic) bond motifs is 1. The van der Waals surface area contributed by atoms with Gasteiger partial charge in [-0.1, -0.05) is 0 Å². The first-order valence-electron chi connectivity index (χ1n) is 5.99. The molecular weight excluding hydrogens is 230 g/mol. The molecule has 3 rings (SSSR count). The van der Waals surface area contributed by atoms with Crippen LogP contribution in [0.5, 0.6) is 0 Å². The first-order chi connectivity index (χ1) is 8.24. The maximum atomic E-state index is 6.12. The SMILES string of the molecule is CN1CC(N)CC(c2ccnc3cscc23)C1. The van der Waals surface area contributed by atoms with E-state index in [2.05, 4.69) is 33.8 Å². The molecule has 2 aromatic rings. The molecule has 0 saturated carbocycles. The van der Waals surface area contributed by atoms with Gasteiger partial charge >= 0.3 is 0 Å². The van der Waals surface area contributed by atoms with Crippen molar-refractivity contribution in [3.05, 3.63) is 28.6 Å². The summed E-state index contributed by atoms with van der Waals surface area (Å²) in [6.45, 7) is 2.11. The third-order valence-electron chi connectivity index (χ3n) is 3.53. The average molecular weight is 247 g/mol. The Labute approximate surface area is 105 Å². The van der Waals surface area contributed by atoms with Crippen LogP contribution in [-0.2, 0) is 0 Å². The number of rotatable bonds is 1. The lowest BCUT2D eigenvalue weighted by molar-refractivity contribution is 0.227. The number of piperidine rings is 1. The van der Waals surface area contributed by atoms with Crippen LogP contribution < -0.4 is 5.73 Å². The Balaban J connectivity index is 2.00. The second-order valence-corrected chi connectivity index (χ2v) is 5.73. The molecule has 0 aliphatic carbocycles. The molecule has 0 aromatic carbocycles. The van der Waals surface area contributed by atoms with Gasteiger partial charge in [-0.3, -0.25) is 4.98 Å². The fourth-order valence-corrected chi connectivity index (χ4v) is 3.62. The van der Waals surface area contributed by atoms with Crippen molar-refractivity contribution in [3.8, 4) is 0 Å². The third kappa shape index (κ3) is 2.08. The minimum atomic E-state index is 0.292. The number of aromatic nitrogens is 1. The van der Waals surface area contributed by atoms with Crippen molar-refractivity contribution in [3.63, 3.8) is 0 Å². The van der Waals surface area contributed by atoms with Crippen LogP contribution >= 0.6 is 11.3 Å². The highest BCUT2D eigenvalue weighted by Gasteiger charge is 2.25. The van der Waals surface area contributed by atoms with E-state index in [1.54, 1.807) is 11.3 Å². The fraction of sp³-hybridized carbons (Fsp3) is 0.462. The molecule has 0 bridgehead atoms. The predicted octanol–water partition coefficient (Wildman–Crippen LogP) is 2.04. The molecule has 4 heteroatoms. The lowest BCUT2D eigenvalue weighted by Crippen LogP contribution is -2.44. The summed E-state index contributed by atoms with van der Waals surface area (Å²) in [7, 11) is 2.15. The Hall–Kier alpha value is -0.970.